The van der Waals surface area contributed by atoms with E-state index in [-0.39, 0.29) is 6.61 Å². The molecule has 1 aromatic heterocycles. The molecule has 3 rings (SSSR count). The van der Waals surface area contributed by atoms with Gasteiger partial charge in [-0.15, -0.1) is 0 Å². The first-order valence-electron chi connectivity index (χ1n) is 8.60. The van der Waals surface area contributed by atoms with Crippen molar-refractivity contribution in [1.82, 2.24) is 10.3 Å². The second-order valence-electron chi connectivity index (χ2n) is 6.04. The monoisotopic (exact) mass is 420 g/mol. The van der Waals surface area contributed by atoms with Crippen molar-refractivity contribution >= 4 is 23.2 Å². The fourth-order valence-corrected chi connectivity index (χ4v) is 3.05. The van der Waals surface area contributed by atoms with Gasteiger partial charge in [-0.05, 0) is 35.9 Å². The summed E-state index contributed by atoms with van der Waals surface area (Å²) in [6, 6.07) is 13.5. The molecule has 0 spiro atoms. The minimum atomic E-state index is -0.392. The van der Waals surface area contributed by atoms with Crippen LogP contribution in [0.25, 0.3) is 0 Å². The second-order valence-corrected chi connectivity index (χ2v) is 6.86. The molecule has 28 heavy (non-hydrogen) atoms. The summed E-state index contributed by atoms with van der Waals surface area (Å²) in [5.41, 5.74) is 2.49. The molecule has 3 aromatic rings. The second kappa shape index (κ2) is 9.73. The maximum atomic E-state index is 13.2. The molecular formula is C21H19Cl2FN2O2. The highest BCUT2D eigenvalue weighted by Gasteiger charge is 2.12. The van der Waals surface area contributed by atoms with Crippen molar-refractivity contribution in [3.63, 3.8) is 0 Å². The fraction of sp³-hybridized carbons (Fsp3) is 0.190. The predicted octanol–water partition coefficient (Wildman–Crippen LogP) is 5.40. The fourth-order valence-electron chi connectivity index (χ4n) is 2.61. The van der Waals surface area contributed by atoms with Crippen LogP contribution >= 0.6 is 23.2 Å². The van der Waals surface area contributed by atoms with Crippen molar-refractivity contribution < 1.29 is 13.9 Å². The van der Waals surface area contributed by atoms with Gasteiger partial charge < -0.3 is 14.8 Å². The van der Waals surface area contributed by atoms with Gasteiger partial charge in [0.1, 0.15) is 12.4 Å². The molecule has 4 nitrogen and oxygen atoms in total. The lowest BCUT2D eigenvalue weighted by molar-refractivity contribution is 0.284. The highest BCUT2D eigenvalue weighted by Crippen LogP contribution is 2.34. The van der Waals surface area contributed by atoms with E-state index in [1.165, 1.54) is 12.1 Å². The molecule has 0 unspecified atom stereocenters. The van der Waals surface area contributed by atoms with Crippen LogP contribution in [0.2, 0.25) is 10.0 Å². The van der Waals surface area contributed by atoms with Gasteiger partial charge in [-0.3, -0.25) is 4.98 Å². The maximum Gasteiger partial charge on any atom is 0.163 e. The molecule has 0 saturated heterocycles. The van der Waals surface area contributed by atoms with Gasteiger partial charge in [-0.2, -0.15) is 0 Å². The van der Waals surface area contributed by atoms with Crippen LogP contribution in [0.4, 0.5) is 4.39 Å². The van der Waals surface area contributed by atoms with Crippen LogP contribution in [0.3, 0.4) is 0 Å². The molecule has 0 aliphatic rings. The lowest BCUT2D eigenvalue weighted by Gasteiger charge is -2.15. The summed E-state index contributed by atoms with van der Waals surface area (Å²) in [5, 5.41) is 4.16. The zero-order valence-corrected chi connectivity index (χ0v) is 16.7. The van der Waals surface area contributed by atoms with E-state index in [0.717, 1.165) is 11.3 Å². The molecule has 2 aromatic carbocycles. The number of pyridine rings is 1. The summed E-state index contributed by atoms with van der Waals surface area (Å²) < 4.78 is 24.4. The first-order valence-corrected chi connectivity index (χ1v) is 9.36. The Kier molecular flexibility index (Phi) is 7.09. The molecule has 1 N–H and O–H groups in total. The number of rotatable bonds is 8. The summed E-state index contributed by atoms with van der Waals surface area (Å²) in [5.74, 6) is 0.649. The minimum absolute atomic E-state index is 0.170. The number of halogens is 3. The van der Waals surface area contributed by atoms with Crippen molar-refractivity contribution in [1.29, 1.82) is 0 Å². The number of ether oxygens (including phenoxy) is 2. The molecule has 0 aliphatic carbocycles. The van der Waals surface area contributed by atoms with Crippen LogP contribution in [0.1, 0.15) is 16.8 Å². The molecular weight excluding hydrogens is 402 g/mol. The summed E-state index contributed by atoms with van der Waals surface area (Å²) in [4.78, 5) is 4.27. The van der Waals surface area contributed by atoms with Crippen LogP contribution in [-0.4, -0.2) is 12.1 Å². The van der Waals surface area contributed by atoms with Crippen molar-refractivity contribution in [2.24, 2.45) is 0 Å². The Morgan fingerprint density at radius 3 is 2.50 bits per heavy atom. The summed E-state index contributed by atoms with van der Waals surface area (Å²) >= 11 is 12.5. The van der Waals surface area contributed by atoms with E-state index >= 15 is 0 Å². The zero-order valence-electron chi connectivity index (χ0n) is 15.2. The molecule has 0 bridgehead atoms. The molecule has 0 atom stereocenters. The van der Waals surface area contributed by atoms with Gasteiger partial charge in [0, 0.05) is 35.9 Å². The van der Waals surface area contributed by atoms with E-state index < -0.39 is 5.82 Å². The van der Waals surface area contributed by atoms with Crippen molar-refractivity contribution in [2.75, 3.05) is 7.11 Å². The number of nitrogens with zero attached hydrogens (tertiary/aromatic N) is 1. The van der Waals surface area contributed by atoms with Gasteiger partial charge in [0.15, 0.2) is 11.5 Å². The van der Waals surface area contributed by atoms with E-state index in [2.05, 4.69) is 10.3 Å². The summed E-state index contributed by atoms with van der Waals surface area (Å²) in [6.45, 7) is 1.35. The van der Waals surface area contributed by atoms with Crippen molar-refractivity contribution in [3.05, 3.63) is 87.4 Å². The Morgan fingerprint density at radius 2 is 1.79 bits per heavy atom. The Labute approximate surface area is 173 Å². The Bertz CT molecular complexity index is 939. The zero-order chi connectivity index (χ0) is 19.9. The largest absolute Gasteiger partial charge is 0.493 e. The van der Waals surface area contributed by atoms with Gasteiger partial charge in [-0.1, -0.05) is 35.3 Å². The molecule has 0 amide bonds. The summed E-state index contributed by atoms with van der Waals surface area (Å²) in [6.07, 6.45) is 1.76. The van der Waals surface area contributed by atoms with Gasteiger partial charge >= 0.3 is 0 Å². The minimum Gasteiger partial charge on any atom is -0.493 e. The van der Waals surface area contributed by atoms with E-state index in [1.807, 2.05) is 24.3 Å². The molecule has 0 saturated carbocycles. The molecule has 1 heterocycles. The van der Waals surface area contributed by atoms with Crippen LogP contribution in [0.15, 0.2) is 54.7 Å². The lowest BCUT2D eigenvalue weighted by atomic mass is 10.2. The Hall–Kier alpha value is -2.34. The van der Waals surface area contributed by atoms with Crippen molar-refractivity contribution in [2.45, 2.75) is 19.7 Å². The third-order valence-corrected chi connectivity index (χ3v) is 4.78. The Balaban J connectivity index is 1.66. The predicted molar refractivity (Wildman–Crippen MR) is 109 cm³/mol. The normalized spacial score (nSPS) is 10.7. The van der Waals surface area contributed by atoms with Crippen molar-refractivity contribution in [3.8, 4) is 11.5 Å². The van der Waals surface area contributed by atoms with Gasteiger partial charge in [0.2, 0.25) is 0 Å². The van der Waals surface area contributed by atoms with Crippen LogP contribution < -0.4 is 14.8 Å². The first kappa shape index (κ1) is 20.4. The highest BCUT2D eigenvalue weighted by molar-refractivity contribution is 6.31. The van der Waals surface area contributed by atoms with E-state index in [9.17, 15) is 4.39 Å². The molecule has 7 heteroatoms. The number of hydrogen-bond acceptors (Lipinski definition) is 4. The quantitative estimate of drug-likeness (QED) is 0.529. The first-order chi connectivity index (χ1) is 13.6. The molecule has 0 fully saturated rings. The maximum absolute atomic E-state index is 13.2. The molecule has 146 valence electrons. The van der Waals surface area contributed by atoms with Crippen LogP contribution in [0.5, 0.6) is 11.5 Å². The summed E-state index contributed by atoms with van der Waals surface area (Å²) in [7, 11) is 1.56. The topological polar surface area (TPSA) is 43.4 Å². The third kappa shape index (κ3) is 5.35. The van der Waals surface area contributed by atoms with Crippen LogP contribution in [-0.2, 0) is 19.7 Å². The number of methoxy groups -OCH3 is 1. The SMILES string of the molecule is COc1cc(CNCc2ccccn2)c(Cl)cc1OCc1ccc(F)cc1Cl. The smallest absolute Gasteiger partial charge is 0.163 e. The van der Waals surface area contributed by atoms with Gasteiger partial charge in [0.25, 0.3) is 0 Å². The molecule has 0 aliphatic heterocycles. The Morgan fingerprint density at radius 1 is 0.964 bits per heavy atom. The average molecular weight is 421 g/mol. The van der Waals surface area contributed by atoms with Gasteiger partial charge in [-0.25, -0.2) is 4.39 Å². The van der Waals surface area contributed by atoms with E-state index in [1.54, 1.807) is 25.4 Å². The highest BCUT2D eigenvalue weighted by atomic mass is 35.5. The molecule has 0 radical (unpaired) electrons. The lowest BCUT2D eigenvalue weighted by Crippen LogP contribution is -2.14. The third-order valence-electron chi connectivity index (χ3n) is 4.08. The van der Waals surface area contributed by atoms with E-state index in [0.29, 0.717) is 40.2 Å². The average Bonchev–Trinajstić information content (AvgIpc) is 2.69. The van der Waals surface area contributed by atoms with E-state index in [4.69, 9.17) is 32.7 Å². The van der Waals surface area contributed by atoms with Crippen LogP contribution in [0, 0.1) is 5.82 Å². The standard InChI is InChI=1S/C21H19Cl2FN2O2/c1-27-20-8-15(11-25-12-17-4-2-3-7-26-17)19(23)10-21(20)28-13-14-5-6-16(24)9-18(14)22/h2-10,25H,11-13H2,1H3. The number of aromatic nitrogens is 1. The number of nitrogens with one attached hydrogen (secondary N) is 1. The number of benzene rings is 2. The number of hydrogen-bond donors (Lipinski definition) is 1. The van der Waals surface area contributed by atoms with Gasteiger partial charge in [0.05, 0.1) is 17.8 Å².